The van der Waals surface area contributed by atoms with Crippen molar-refractivity contribution in [1.29, 1.82) is 0 Å². The van der Waals surface area contributed by atoms with Crippen molar-refractivity contribution in [3.05, 3.63) is 29.8 Å². The summed E-state index contributed by atoms with van der Waals surface area (Å²) in [5.41, 5.74) is 0. The number of rotatable bonds is 4. The molecule has 1 unspecified atom stereocenters. The van der Waals surface area contributed by atoms with E-state index in [9.17, 15) is 22.0 Å². The van der Waals surface area contributed by atoms with Gasteiger partial charge in [-0.05, 0) is 19.1 Å². The third-order valence-corrected chi connectivity index (χ3v) is 3.48. The van der Waals surface area contributed by atoms with Crippen molar-refractivity contribution in [2.24, 2.45) is 0 Å². The molecular formula is C9H9F2NO4S. The van der Waals surface area contributed by atoms with Crippen LogP contribution in [-0.4, -0.2) is 25.5 Å². The van der Waals surface area contributed by atoms with Gasteiger partial charge in [0.05, 0.1) is 0 Å². The van der Waals surface area contributed by atoms with E-state index in [-0.39, 0.29) is 0 Å². The monoisotopic (exact) mass is 265 g/mol. The number of halogens is 2. The Kier molecular flexibility index (Phi) is 3.79. The molecule has 0 heterocycles. The lowest BCUT2D eigenvalue weighted by atomic mass is 10.3. The van der Waals surface area contributed by atoms with Crippen molar-refractivity contribution >= 4 is 16.0 Å². The molecule has 0 spiro atoms. The van der Waals surface area contributed by atoms with Gasteiger partial charge in [0.15, 0.2) is 4.90 Å². The zero-order valence-electron chi connectivity index (χ0n) is 8.65. The molecule has 1 atom stereocenters. The molecule has 0 aliphatic carbocycles. The van der Waals surface area contributed by atoms with Crippen molar-refractivity contribution < 1.29 is 27.1 Å². The minimum atomic E-state index is -4.55. The first kappa shape index (κ1) is 13.5. The van der Waals surface area contributed by atoms with Crippen molar-refractivity contribution in [3.63, 3.8) is 0 Å². The number of hydrogen-bond donors (Lipinski definition) is 2. The van der Waals surface area contributed by atoms with Gasteiger partial charge in [0.25, 0.3) is 0 Å². The molecule has 17 heavy (non-hydrogen) atoms. The molecule has 1 rings (SSSR count). The molecule has 0 saturated carbocycles. The highest BCUT2D eigenvalue weighted by atomic mass is 32.2. The Hall–Kier alpha value is -1.54. The summed E-state index contributed by atoms with van der Waals surface area (Å²) in [6.07, 6.45) is 0. The number of carbonyl (C=O) groups is 1. The van der Waals surface area contributed by atoms with Gasteiger partial charge in [-0.15, -0.1) is 0 Å². The molecule has 94 valence electrons. The number of carboxylic acids is 1. The largest absolute Gasteiger partial charge is 0.480 e. The van der Waals surface area contributed by atoms with E-state index in [2.05, 4.69) is 0 Å². The summed E-state index contributed by atoms with van der Waals surface area (Å²) < 4.78 is 51.1. The molecule has 1 aromatic rings. The summed E-state index contributed by atoms with van der Waals surface area (Å²) >= 11 is 0. The van der Waals surface area contributed by atoms with Crippen LogP contribution >= 0.6 is 0 Å². The Balaban J connectivity index is 3.19. The van der Waals surface area contributed by atoms with Crippen LogP contribution in [0.4, 0.5) is 8.78 Å². The van der Waals surface area contributed by atoms with Crippen LogP contribution in [0.1, 0.15) is 6.92 Å². The minimum absolute atomic E-state index is 0.767. The first-order chi connectivity index (χ1) is 7.75. The number of carboxylic acid groups (broad SMARTS) is 1. The maximum absolute atomic E-state index is 13.2. The van der Waals surface area contributed by atoms with Gasteiger partial charge in [-0.2, -0.15) is 4.72 Å². The van der Waals surface area contributed by atoms with Crippen LogP contribution in [0.15, 0.2) is 23.1 Å². The molecule has 5 nitrogen and oxygen atoms in total. The van der Waals surface area contributed by atoms with Crippen molar-refractivity contribution in [2.45, 2.75) is 17.9 Å². The lowest BCUT2D eigenvalue weighted by Gasteiger charge is -2.11. The zero-order chi connectivity index (χ0) is 13.2. The van der Waals surface area contributed by atoms with Crippen LogP contribution in [-0.2, 0) is 14.8 Å². The number of benzene rings is 1. The van der Waals surface area contributed by atoms with Gasteiger partial charge in [0.2, 0.25) is 10.0 Å². The maximum atomic E-state index is 13.2. The fraction of sp³-hybridized carbons (Fsp3) is 0.222. The van der Waals surface area contributed by atoms with Gasteiger partial charge in [0.1, 0.15) is 17.7 Å². The average Bonchev–Trinajstić information content (AvgIpc) is 2.15. The Morgan fingerprint density at radius 2 is 1.82 bits per heavy atom. The molecule has 0 aliphatic rings. The van der Waals surface area contributed by atoms with Crippen molar-refractivity contribution in [3.8, 4) is 0 Å². The van der Waals surface area contributed by atoms with Crippen LogP contribution in [0.3, 0.4) is 0 Å². The molecule has 8 heteroatoms. The van der Waals surface area contributed by atoms with E-state index in [1.165, 1.54) is 0 Å². The molecule has 0 radical (unpaired) electrons. The summed E-state index contributed by atoms with van der Waals surface area (Å²) in [4.78, 5) is 9.28. The van der Waals surface area contributed by atoms with Gasteiger partial charge in [-0.3, -0.25) is 4.79 Å². The van der Waals surface area contributed by atoms with Crippen LogP contribution in [0.5, 0.6) is 0 Å². The van der Waals surface area contributed by atoms with Gasteiger partial charge in [-0.1, -0.05) is 6.07 Å². The third kappa shape index (κ3) is 2.98. The smallest absolute Gasteiger partial charge is 0.321 e. The van der Waals surface area contributed by atoms with E-state index >= 15 is 0 Å². The maximum Gasteiger partial charge on any atom is 0.321 e. The molecule has 2 N–H and O–H groups in total. The van der Waals surface area contributed by atoms with Crippen molar-refractivity contribution in [1.82, 2.24) is 4.72 Å². The molecule has 0 aromatic heterocycles. The number of nitrogens with one attached hydrogen (secondary N) is 1. The van der Waals surface area contributed by atoms with Gasteiger partial charge >= 0.3 is 5.97 Å². The highest BCUT2D eigenvalue weighted by Crippen LogP contribution is 2.18. The quantitative estimate of drug-likeness (QED) is 0.840. The Morgan fingerprint density at radius 1 is 1.35 bits per heavy atom. The molecule has 0 fully saturated rings. The highest BCUT2D eigenvalue weighted by molar-refractivity contribution is 7.89. The Morgan fingerprint density at radius 3 is 2.24 bits per heavy atom. The number of hydrogen-bond acceptors (Lipinski definition) is 3. The van der Waals surface area contributed by atoms with E-state index in [4.69, 9.17) is 5.11 Å². The molecule has 0 amide bonds. The second kappa shape index (κ2) is 4.76. The van der Waals surface area contributed by atoms with E-state index < -0.39 is 38.6 Å². The second-order valence-corrected chi connectivity index (χ2v) is 4.88. The van der Waals surface area contributed by atoms with Crippen LogP contribution in [0, 0.1) is 11.6 Å². The lowest BCUT2D eigenvalue weighted by Crippen LogP contribution is -2.39. The van der Waals surface area contributed by atoms with E-state index in [0.29, 0.717) is 0 Å². The van der Waals surface area contributed by atoms with Crippen LogP contribution in [0.25, 0.3) is 0 Å². The van der Waals surface area contributed by atoms with Crippen LogP contribution < -0.4 is 4.72 Å². The summed E-state index contributed by atoms with van der Waals surface area (Å²) in [6, 6.07) is 1.05. The third-order valence-electron chi connectivity index (χ3n) is 1.89. The fourth-order valence-electron chi connectivity index (χ4n) is 1.08. The van der Waals surface area contributed by atoms with Crippen molar-refractivity contribution in [2.75, 3.05) is 0 Å². The summed E-state index contributed by atoms with van der Waals surface area (Å²) in [7, 11) is -4.55. The minimum Gasteiger partial charge on any atom is -0.480 e. The summed E-state index contributed by atoms with van der Waals surface area (Å²) in [5, 5.41) is 8.52. The zero-order valence-corrected chi connectivity index (χ0v) is 9.46. The number of aliphatic carboxylic acids is 1. The predicted octanol–water partition coefficient (Wildman–Crippen LogP) is 0.716. The predicted molar refractivity (Wildman–Crippen MR) is 53.8 cm³/mol. The Labute approximate surface area is 96.1 Å². The van der Waals surface area contributed by atoms with Crippen LogP contribution in [0.2, 0.25) is 0 Å². The second-order valence-electron chi connectivity index (χ2n) is 3.23. The molecule has 0 saturated heterocycles. The first-order valence-corrected chi connectivity index (χ1v) is 5.93. The van der Waals surface area contributed by atoms with E-state index in [0.717, 1.165) is 25.1 Å². The topological polar surface area (TPSA) is 83.5 Å². The normalized spacial score (nSPS) is 13.4. The Bertz CT molecular complexity index is 524. The summed E-state index contributed by atoms with van der Waals surface area (Å²) in [6.45, 7) is 1.04. The van der Waals surface area contributed by atoms with E-state index in [1.54, 1.807) is 4.72 Å². The standard InChI is InChI=1S/C9H9F2NO4S/c1-5(9(13)14)12-17(15,16)8-6(10)3-2-4-7(8)11/h2-5,12H,1H3,(H,13,14). The molecule has 1 aromatic carbocycles. The van der Waals surface area contributed by atoms with Gasteiger partial charge in [0, 0.05) is 0 Å². The average molecular weight is 265 g/mol. The first-order valence-electron chi connectivity index (χ1n) is 4.45. The molecule has 0 bridgehead atoms. The van der Waals surface area contributed by atoms with Gasteiger partial charge < -0.3 is 5.11 Å². The SMILES string of the molecule is CC(NS(=O)(=O)c1c(F)cccc1F)C(=O)O. The van der Waals surface area contributed by atoms with E-state index in [1.807, 2.05) is 0 Å². The summed E-state index contributed by atoms with van der Waals surface area (Å²) in [5.74, 6) is -4.02. The number of sulfonamides is 1. The van der Waals surface area contributed by atoms with Gasteiger partial charge in [-0.25, -0.2) is 17.2 Å². The lowest BCUT2D eigenvalue weighted by molar-refractivity contribution is -0.138. The molecule has 0 aliphatic heterocycles. The fourth-order valence-corrected chi connectivity index (χ4v) is 2.41. The highest BCUT2D eigenvalue weighted by Gasteiger charge is 2.27. The molecular weight excluding hydrogens is 256 g/mol.